The van der Waals surface area contributed by atoms with E-state index >= 15 is 0 Å². The molecule has 1 N–H and O–H groups in total. The van der Waals surface area contributed by atoms with Crippen LogP contribution in [-0.2, 0) is 0 Å². The Hall–Kier alpha value is -0.0800. The van der Waals surface area contributed by atoms with E-state index in [2.05, 4.69) is 37.9 Å². The van der Waals surface area contributed by atoms with Crippen molar-refractivity contribution in [1.82, 2.24) is 10.2 Å². The zero-order valence-corrected chi connectivity index (χ0v) is 13.1. The van der Waals surface area contributed by atoms with Crippen LogP contribution in [0.25, 0.3) is 0 Å². The predicted octanol–water partition coefficient (Wildman–Crippen LogP) is 3.52. The Morgan fingerprint density at radius 2 is 1.94 bits per heavy atom. The summed E-state index contributed by atoms with van der Waals surface area (Å²) in [6.07, 6.45) is 6.86. The van der Waals surface area contributed by atoms with Gasteiger partial charge in [0.2, 0.25) is 0 Å². The maximum atomic E-state index is 3.57. The van der Waals surface area contributed by atoms with Crippen LogP contribution < -0.4 is 5.32 Å². The van der Waals surface area contributed by atoms with E-state index in [0.29, 0.717) is 5.41 Å². The van der Waals surface area contributed by atoms with Crippen LogP contribution in [0.1, 0.15) is 59.8 Å². The van der Waals surface area contributed by atoms with Crippen molar-refractivity contribution in [2.24, 2.45) is 11.3 Å². The molecule has 0 bridgehead atoms. The lowest BCUT2D eigenvalue weighted by Gasteiger charge is -2.32. The smallest absolute Gasteiger partial charge is 0.00448 e. The van der Waals surface area contributed by atoms with Gasteiger partial charge in [0, 0.05) is 13.1 Å². The predicted molar refractivity (Wildman–Crippen MR) is 81.0 cm³/mol. The number of hydrogen-bond donors (Lipinski definition) is 1. The highest BCUT2D eigenvalue weighted by Crippen LogP contribution is 2.23. The third-order valence-electron chi connectivity index (χ3n) is 4.20. The molecule has 2 heteroatoms. The lowest BCUT2D eigenvalue weighted by Crippen LogP contribution is -2.41. The van der Waals surface area contributed by atoms with E-state index in [4.69, 9.17) is 0 Å². The molecule has 0 radical (unpaired) electrons. The summed E-state index contributed by atoms with van der Waals surface area (Å²) in [5.74, 6) is 0.983. The molecule has 1 rings (SSSR count). The van der Waals surface area contributed by atoms with Crippen molar-refractivity contribution in [2.75, 3.05) is 32.7 Å². The highest BCUT2D eigenvalue weighted by molar-refractivity contribution is 4.78. The highest BCUT2D eigenvalue weighted by Gasteiger charge is 2.23. The molecule has 1 unspecified atom stereocenters. The molecule has 0 aromatic heterocycles. The fourth-order valence-electron chi connectivity index (χ4n) is 3.06. The summed E-state index contributed by atoms with van der Waals surface area (Å²) in [4.78, 5) is 2.70. The van der Waals surface area contributed by atoms with Crippen molar-refractivity contribution in [2.45, 2.75) is 59.8 Å². The molecule has 1 fully saturated rings. The maximum Gasteiger partial charge on any atom is 0.00448 e. The van der Waals surface area contributed by atoms with E-state index in [9.17, 15) is 0 Å². The number of likely N-dealkylation sites (tertiary alicyclic amines) is 1. The summed E-state index contributed by atoms with van der Waals surface area (Å²) in [7, 11) is 0. The minimum Gasteiger partial charge on any atom is -0.316 e. The molecule has 18 heavy (non-hydrogen) atoms. The first-order valence-electron chi connectivity index (χ1n) is 8.00. The molecule has 0 saturated carbocycles. The fraction of sp³-hybridized carbons (Fsp3) is 1.00. The average Bonchev–Trinajstić information content (AvgIpc) is 2.54. The summed E-state index contributed by atoms with van der Waals surface area (Å²) in [5, 5.41) is 3.57. The van der Waals surface area contributed by atoms with Crippen LogP contribution in [0, 0.1) is 11.3 Å². The van der Waals surface area contributed by atoms with Gasteiger partial charge in [0.1, 0.15) is 0 Å². The Labute approximate surface area is 115 Å². The highest BCUT2D eigenvalue weighted by atomic mass is 15.1. The quantitative estimate of drug-likeness (QED) is 0.699. The van der Waals surface area contributed by atoms with Gasteiger partial charge in [0.25, 0.3) is 0 Å². The molecule has 2 nitrogen and oxygen atoms in total. The summed E-state index contributed by atoms with van der Waals surface area (Å²) in [6.45, 7) is 15.6. The van der Waals surface area contributed by atoms with Gasteiger partial charge in [-0.05, 0) is 56.7 Å². The molecule has 1 atom stereocenters. The van der Waals surface area contributed by atoms with Crippen molar-refractivity contribution in [3.05, 3.63) is 0 Å². The number of hydrogen-bond acceptors (Lipinski definition) is 2. The van der Waals surface area contributed by atoms with Crippen molar-refractivity contribution in [3.63, 3.8) is 0 Å². The standard InChI is InChI=1S/C16H34N2/c1-5-10-17-13-16(3,4)14-18-11-7-8-15(6-2)9-12-18/h15,17H,5-14H2,1-4H3. The summed E-state index contributed by atoms with van der Waals surface area (Å²) in [5.41, 5.74) is 0.404. The topological polar surface area (TPSA) is 15.3 Å². The molecule has 0 aromatic rings. The van der Waals surface area contributed by atoms with Crippen LogP contribution in [0.4, 0.5) is 0 Å². The molecule has 1 aliphatic heterocycles. The second-order valence-corrected chi connectivity index (χ2v) is 6.82. The Morgan fingerprint density at radius 3 is 2.61 bits per heavy atom. The minimum absolute atomic E-state index is 0.404. The van der Waals surface area contributed by atoms with Crippen molar-refractivity contribution in [1.29, 1.82) is 0 Å². The maximum absolute atomic E-state index is 3.57. The molecule has 108 valence electrons. The second kappa shape index (κ2) is 8.16. The Kier molecular flexibility index (Phi) is 7.25. The minimum atomic E-state index is 0.404. The molecule has 1 heterocycles. The van der Waals surface area contributed by atoms with Crippen LogP contribution in [0.3, 0.4) is 0 Å². The molecule has 1 aliphatic rings. The molecule has 0 aromatic carbocycles. The van der Waals surface area contributed by atoms with Crippen molar-refractivity contribution < 1.29 is 0 Å². The lowest BCUT2D eigenvalue weighted by atomic mass is 9.92. The summed E-state index contributed by atoms with van der Waals surface area (Å²) in [6, 6.07) is 0. The van der Waals surface area contributed by atoms with E-state index in [1.807, 2.05) is 0 Å². The average molecular weight is 254 g/mol. The largest absolute Gasteiger partial charge is 0.316 e. The monoisotopic (exact) mass is 254 g/mol. The molecular formula is C16H34N2. The SMILES string of the molecule is CCCNCC(C)(C)CN1CCCC(CC)CC1. The Bertz CT molecular complexity index is 213. The number of nitrogens with one attached hydrogen (secondary N) is 1. The van der Waals surface area contributed by atoms with Crippen molar-refractivity contribution in [3.8, 4) is 0 Å². The third-order valence-corrected chi connectivity index (χ3v) is 4.20. The van der Waals surface area contributed by atoms with E-state index in [1.165, 1.54) is 51.7 Å². The van der Waals surface area contributed by atoms with Crippen LogP contribution in [0.2, 0.25) is 0 Å². The van der Waals surface area contributed by atoms with Gasteiger partial charge in [-0.15, -0.1) is 0 Å². The molecule has 0 spiro atoms. The van der Waals surface area contributed by atoms with Gasteiger partial charge in [0.15, 0.2) is 0 Å². The zero-order chi connectivity index (χ0) is 13.4. The van der Waals surface area contributed by atoms with Crippen LogP contribution in [0.5, 0.6) is 0 Å². The van der Waals surface area contributed by atoms with Crippen LogP contribution >= 0.6 is 0 Å². The second-order valence-electron chi connectivity index (χ2n) is 6.82. The zero-order valence-electron chi connectivity index (χ0n) is 13.1. The summed E-state index contributed by atoms with van der Waals surface area (Å²) >= 11 is 0. The van der Waals surface area contributed by atoms with E-state index < -0.39 is 0 Å². The van der Waals surface area contributed by atoms with E-state index in [1.54, 1.807) is 0 Å². The summed E-state index contributed by atoms with van der Waals surface area (Å²) < 4.78 is 0. The van der Waals surface area contributed by atoms with Crippen LogP contribution in [0.15, 0.2) is 0 Å². The molecule has 0 amide bonds. The van der Waals surface area contributed by atoms with Crippen molar-refractivity contribution >= 4 is 0 Å². The van der Waals surface area contributed by atoms with Gasteiger partial charge in [0.05, 0.1) is 0 Å². The first-order chi connectivity index (χ1) is 8.57. The first kappa shape index (κ1) is 16.0. The van der Waals surface area contributed by atoms with Gasteiger partial charge < -0.3 is 10.2 Å². The van der Waals surface area contributed by atoms with Gasteiger partial charge in [-0.1, -0.05) is 34.1 Å². The molecule has 0 aliphatic carbocycles. The fourth-order valence-corrected chi connectivity index (χ4v) is 3.06. The van der Waals surface area contributed by atoms with Gasteiger partial charge in [-0.2, -0.15) is 0 Å². The number of rotatable bonds is 7. The van der Waals surface area contributed by atoms with Gasteiger partial charge >= 0.3 is 0 Å². The molecular weight excluding hydrogens is 220 g/mol. The molecule has 1 saturated heterocycles. The van der Waals surface area contributed by atoms with E-state index in [0.717, 1.165) is 19.0 Å². The number of nitrogens with zero attached hydrogens (tertiary/aromatic N) is 1. The normalized spacial score (nSPS) is 23.0. The van der Waals surface area contributed by atoms with Gasteiger partial charge in [-0.25, -0.2) is 0 Å². The first-order valence-corrected chi connectivity index (χ1v) is 8.00. The van der Waals surface area contributed by atoms with Crippen LogP contribution in [-0.4, -0.2) is 37.6 Å². The Balaban J connectivity index is 2.31. The Morgan fingerprint density at radius 1 is 1.17 bits per heavy atom. The lowest BCUT2D eigenvalue weighted by molar-refractivity contribution is 0.177. The van der Waals surface area contributed by atoms with E-state index in [-0.39, 0.29) is 0 Å². The van der Waals surface area contributed by atoms with Gasteiger partial charge in [-0.3, -0.25) is 0 Å². The third kappa shape index (κ3) is 6.19.